The molecular weight excluding hydrogens is 272 g/mol. The average Bonchev–Trinajstić information content (AvgIpc) is 2.48. The van der Waals surface area contributed by atoms with Gasteiger partial charge in [0, 0.05) is 31.3 Å². The van der Waals surface area contributed by atoms with E-state index in [4.69, 9.17) is 4.74 Å². The number of nitro benzene ring substituents is 1. The first-order valence-electron chi connectivity index (χ1n) is 6.86. The predicted molar refractivity (Wildman–Crippen MR) is 78.7 cm³/mol. The highest BCUT2D eigenvalue weighted by Crippen LogP contribution is 2.14. The van der Waals surface area contributed by atoms with Gasteiger partial charge in [-0.25, -0.2) is 4.79 Å². The molecule has 0 aliphatic carbocycles. The zero-order valence-electron chi connectivity index (χ0n) is 11.9. The van der Waals surface area contributed by atoms with Crippen LogP contribution in [0.1, 0.15) is 18.4 Å². The van der Waals surface area contributed by atoms with Crippen LogP contribution < -0.4 is 0 Å². The van der Waals surface area contributed by atoms with Crippen LogP contribution in [0, 0.1) is 10.1 Å². The number of hydrogen-bond acceptors (Lipinski definition) is 5. The van der Waals surface area contributed by atoms with Gasteiger partial charge < -0.3 is 9.64 Å². The van der Waals surface area contributed by atoms with Crippen molar-refractivity contribution in [1.29, 1.82) is 0 Å². The monoisotopic (exact) mass is 290 g/mol. The lowest BCUT2D eigenvalue weighted by molar-refractivity contribution is -0.384. The van der Waals surface area contributed by atoms with Crippen molar-refractivity contribution in [3.05, 3.63) is 46.0 Å². The van der Waals surface area contributed by atoms with E-state index in [-0.39, 0.29) is 17.8 Å². The first kappa shape index (κ1) is 15.2. The SMILES string of the molecule is CN1CCC(OC(=O)C=Cc2ccc([N+](=O)[O-])cc2)CC1. The van der Waals surface area contributed by atoms with Crippen LogP contribution in [0.25, 0.3) is 6.08 Å². The van der Waals surface area contributed by atoms with Gasteiger partial charge in [-0.1, -0.05) is 0 Å². The third kappa shape index (κ3) is 4.68. The summed E-state index contributed by atoms with van der Waals surface area (Å²) in [7, 11) is 2.05. The lowest BCUT2D eigenvalue weighted by Crippen LogP contribution is -2.35. The average molecular weight is 290 g/mol. The maximum atomic E-state index is 11.7. The number of benzene rings is 1. The van der Waals surface area contributed by atoms with Crippen molar-refractivity contribution in [3.8, 4) is 0 Å². The first-order valence-corrected chi connectivity index (χ1v) is 6.86. The van der Waals surface area contributed by atoms with Crippen molar-refractivity contribution in [2.45, 2.75) is 18.9 Å². The van der Waals surface area contributed by atoms with Gasteiger partial charge in [0.2, 0.25) is 0 Å². The van der Waals surface area contributed by atoms with E-state index in [0.29, 0.717) is 0 Å². The molecule has 6 nitrogen and oxygen atoms in total. The van der Waals surface area contributed by atoms with Gasteiger partial charge in [0.05, 0.1) is 4.92 Å². The van der Waals surface area contributed by atoms with E-state index >= 15 is 0 Å². The molecule has 1 aliphatic heterocycles. The molecule has 0 saturated carbocycles. The number of piperidine rings is 1. The number of nitrogens with zero attached hydrogens (tertiary/aromatic N) is 2. The standard InChI is InChI=1S/C15H18N2O4/c1-16-10-8-14(9-11-16)21-15(18)7-4-12-2-5-13(6-3-12)17(19)20/h2-7,14H,8-11H2,1H3. The van der Waals surface area contributed by atoms with Gasteiger partial charge in [-0.2, -0.15) is 0 Å². The van der Waals surface area contributed by atoms with Gasteiger partial charge >= 0.3 is 5.97 Å². The molecule has 21 heavy (non-hydrogen) atoms. The molecule has 0 amide bonds. The lowest BCUT2D eigenvalue weighted by Gasteiger charge is -2.28. The van der Waals surface area contributed by atoms with Crippen molar-refractivity contribution in [3.63, 3.8) is 0 Å². The Kier molecular flexibility index (Phi) is 5.05. The summed E-state index contributed by atoms with van der Waals surface area (Å²) in [6.45, 7) is 1.87. The summed E-state index contributed by atoms with van der Waals surface area (Å²) in [4.78, 5) is 24.0. The van der Waals surface area contributed by atoms with Gasteiger partial charge in [-0.3, -0.25) is 10.1 Å². The van der Waals surface area contributed by atoms with E-state index < -0.39 is 4.92 Å². The zero-order valence-corrected chi connectivity index (χ0v) is 11.9. The normalized spacial score (nSPS) is 17.0. The van der Waals surface area contributed by atoms with Gasteiger partial charge in [0.1, 0.15) is 6.10 Å². The lowest BCUT2D eigenvalue weighted by atomic mass is 10.1. The Morgan fingerprint density at radius 3 is 2.52 bits per heavy atom. The van der Waals surface area contributed by atoms with Crippen LogP contribution in [0.5, 0.6) is 0 Å². The minimum Gasteiger partial charge on any atom is -0.459 e. The molecule has 1 aromatic carbocycles. The Bertz CT molecular complexity index is 531. The van der Waals surface area contributed by atoms with E-state index in [1.165, 1.54) is 18.2 Å². The number of nitro groups is 1. The first-order chi connectivity index (χ1) is 10.0. The third-order valence-corrected chi connectivity index (χ3v) is 3.46. The molecular formula is C15H18N2O4. The quantitative estimate of drug-likeness (QED) is 0.368. The predicted octanol–water partition coefficient (Wildman–Crippen LogP) is 2.25. The van der Waals surface area contributed by atoms with E-state index in [0.717, 1.165) is 31.5 Å². The third-order valence-electron chi connectivity index (χ3n) is 3.46. The summed E-state index contributed by atoms with van der Waals surface area (Å²) in [6.07, 6.45) is 4.65. The second-order valence-electron chi connectivity index (χ2n) is 5.12. The van der Waals surface area contributed by atoms with Crippen molar-refractivity contribution < 1.29 is 14.5 Å². The van der Waals surface area contributed by atoms with Crippen molar-refractivity contribution in [2.24, 2.45) is 0 Å². The van der Waals surface area contributed by atoms with Crippen LogP contribution in [-0.4, -0.2) is 42.0 Å². The Hall–Kier alpha value is -2.21. The van der Waals surface area contributed by atoms with Crippen LogP contribution in [0.3, 0.4) is 0 Å². The molecule has 0 spiro atoms. The fourth-order valence-electron chi connectivity index (χ4n) is 2.18. The van der Waals surface area contributed by atoms with Crippen LogP contribution in [0.4, 0.5) is 5.69 Å². The summed E-state index contributed by atoms with van der Waals surface area (Å²) < 4.78 is 5.36. The highest BCUT2D eigenvalue weighted by molar-refractivity contribution is 5.87. The molecule has 2 rings (SSSR count). The van der Waals surface area contributed by atoms with Crippen molar-refractivity contribution in [1.82, 2.24) is 4.90 Å². The van der Waals surface area contributed by atoms with Crippen LogP contribution in [-0.2, 0) is 9.53 Å². The molecule has 1 aromatic rings. The minimum absolute atomic E-state index is 0.0183. The Balaban J connectivity index is 1.85. The molecule has 1 saturated heterocycles. The number of carbonyl (C=O) groups excluding carboxylic acids is 1. The molecule has 0 unspecified atom stereocenters. The van der Waals surface area contributed by atoms with E-state index in [2.05, 4.69) is 4.90 Å². The topological polar surface area (TPSA) is 72.7 Å². The van der Waals surface area contributed by atoms with Crippen molar-refractivity contribution in [2.75, 3.05) is 20.1 Å². The summed E-state index contributed by atoms with van der Waals surface area (Å²) in [5, 5.41) is 10.5. The van der Waals surface area contributed by atoms with E-state index in [9.17, 15) is 14.9 Å². The number of esters is 1. The summed E-state index contributed by atoms with van der Waals surface area (Å²) >= 11 is 0. The summed E-state index contributed by atoms with van der Waals surface area (Å²) in [5.41, 5.74) is 0.752. The van der Waals surface area contributed by atoms with Crippen LogP contribution in [0.15, 0.2) is 30.3 Å². The molecule has 6 heteroatoms. The second-order valence-corrected chi connectivity index (χ2v) is 5.12. The number of rotatable bonds is 4. The number of likely N-dealkylation sites (tertiary alicyclic amines) is 1. The smallest absolute Gasteiger partial charge is 0.331 e. The number of carbonyl (C=O) groups is 1. The highest BCUT2D eigenvalue weighted by atomic mass is 16.6. The van der Waals surface area contributed by atoms with Gasteiger partial charge in [-0.05, 0) is 43.7 Å². The molecule has 0 aromatic heterocycles. The second kappa shape index (κ2) is 6.99. The summed E-state index contributed by atoms with van der Waals surface area (Å²) in [6, 6.07) is 6.00. The Morgan fingerprint density at radius 1 is 1.33 bits per heavy atom. The summed E-state index contributed by atoms with van der Waals surface area (Å²) in [5.74, 6) is -0.372. The van der Waals surface area contributed by atoms with E-state index in [1.54, 1.807) is 18.2 Å². The fourth-order valence-corrected chi connectivity index (χ4v) is 2.18. The molecule has 0 bridgehead atoms. The molecule has 0 atom stereocenters. The number of non-ortho nitro benzene ring substituents is 1. The minimum atomic E-state index is -0.456. The van der Waals surface area contributed by atoms with Crippen LogP contribution in [0.2, 0.25) is 0 Å². The molecule has 1 fully saturated rings. The number of ether oxygens (including phenoxy) is 1. The van der Waals surface area contributed by atoms with Gasteiger partial charge in [0.25, 0.3) is 5.69 Å². The highest BCUT2D eigenvalue weighted by Gasteiger charge is 2.19. The maximum absolute atomic E-state index is 11.7. The fraction of sp³-hybridized carbons (Fsp3) is 0.400. The molecule has 1 heterocycles. The molecule has 1 aliphatic rings. The Labute approximate surface area is 123 Å². The maximum Gasteiger partial charge on any atom is 0.331 e. The molecule has 112 valence electrons. The van der Waals surface area contributed by atoms with Gasteiger partial charge in [0.15, 0.2) is 0 Å². The van der Waals surface area contributed by atoms with Crippen LogP contribution >= 0.6 is 0 Å². The number of hydrogen-bond donors (Lipinski definition) is 0. The zero-order chi connectivity index (χ0) is 15.2. The van der Waals surface area contributed by atoms with Crippen molar-refractivity contribution >= 4 is 17.7 Å². The Morgan fingerprint density at radius 2 is 1.95 bits per heavy atom. The van der Waals surface area contributed by atoms with Gasteiger partial charge in [-0.15, -0.1) is 0 Å². The molecule has 0 radical (unpaired) electrons. The molecule has 0 N–H and O–H groups in total. The van der Waals surface area contributed by atoms with E-state index in [1.807, 2.05) is 7.05 Å². The largest absolute Gasteiger partial charge is 0.459 e.